The number of alkyl halides is 6. The van der Waals surface area contributed by atoms with E-state index < -0.39 is 0 Å². The number of rotatable bonds is 0. The number of hydrogen-bond acceptors (Lipinski definition) is 0. The summed E-state index contributed by atoms with van der Waals surface area (Å²) in [6.07, 6.45) is 0. The van der Waals surface area contributed by atoms with Crippen LogP contribution in [0.4, 0.5) is 0 Å². The maximum absolute atomic E-state index is 3.42. The van der Waals surface area contributed by atoms with Gasteiger partial charge in [0.1, 0.15) is 4.29 Å². The Morgan fingerprint density at radius 2 is 1.00 bits per heavy atom. The van der Waals surface area contributed by atoms with Crippen molar-refractivity contribution in [3.05, 3.63) is 0 Å². The van der Waals surface area contributed by atoms with Gasteiger partial charge in [-0.15, -0.1) is 0 Å². The summed E-state index contributed by atoms with van der Waals surface area (Å²) in [5, 5.41) is 0. The topological polar surface area (TPSA) is 0 Å². The van der Waals surface area contributed by atoms with Gasteiger partial charge in [0.25, 0.3) is 0 Å². The van der Waals surface area contributed by atoms with Crippen molar-refractivity contribution < 1.29 is 0 Å². The average molecular weight is 532 g/mol. The first-order valence-electron chi connectivity index (χ1n) is 2.29. The molecule has 0 N–H and O–H groups in total. The fraction of sp³-hybridized carbons (Fsp3) is 1.00. The second-order valence-corrected chi connectivity index (χ2v) is 15.7. The molecule has 0 aromatic carbocycles. The van der Waals surface area contributed by atoms with Gasteiger partial charge < -0.3 is 0 Å². The Balaban J connectivity index is 4.23. The van der Waals surface area contributed by atoms with Gasteiger partial charge in [0.15, 0.2) is 0 Å². The van der Waals surface area contributed by atoms with Crippen LogP contribution in [0.1, 0.15) is 6.92 Å². The molecule has 0 aliphatic heterocycles. The molecule has 0 amide bonds. The molecule has 0 heterocycles. The molecule has 0 atom stereocenters. The summed E-state index contributed by atoms with van der Waals surface area (Å²) in [7, 11) is 0. The molecule has 0 unspecified atom stereocenters. The van der Waals surface area contributed by atoms with Gasteiger partial charge in [0.2, 0.25) is 0 Å². The molecule has 0 saturated carbocycles. The molecule has 0 aliphatic carbocycles. The molecule has 10 heavy (non-hydrogen) atoms. The van der Waals surface area contributed by atoms with Crippen LogP contribution in [0.5, 0.6) is 0 Å². The summed E-state index contributed by atoms with van der Waals surface area (Å²) in [5.74, 6) is 0.264. The normalized spacial score (nSPS) is 14.4. The van der Waals surface area contributed by atoms with E-state index in [1.165, 1.54) is 0 Å². The van der Waals surface area contributed by atoms with E-state index >= 15 is 0 Å². The Kier molecular flexibility index (Phi) is 5.67. The molecule has 0 aliphatic rings. The zero-order chi connectivity index (χ0) is 8.58. The molecule has 0 bridgehead atoms. The van der Waals surface area contributed by atoms with Gasteiger partial charge in [-0.1, -0.05) is 103 Å². The van der Waals surface area contributed by atoms with Crippen molar-refractivity contribution in [2.24, 2.45) is 5.92 Å². The predicted molar refractivity (Wildman–Crippen MR) is 68.2 cm³/mol. The van der Waals surface area contributed by atoms with E-state index in [0.29, 0.717) is 0 Å². The van der Waals surface area contributed by atoms with Crippen LogP contribution in [-0.2, 0) is 0 Å². The van der Waals surface area contributed by atoms with Gasteiger partial charge in [-0.3, -0.25) is 0 Å². The maximum atomic E-state index is 3.42. The second-order valence-electron chi connectivity index (χ2n) is 1.80. The molecule has 0 aromatic heterocycles. The van der Waals surface area contributed by atoms with Gasteiger partial charge in [0, 0.05) is 5.92 Å². The molecule has 6 heteroatoms. The fourth-order valence-electron chi connectivity index (χ4n) is 0.186. The van der Waals surface area contributed by atoms with E-state index in [4.69, 9.17) is 0 Å². The lowest BCUT2D eigenvalue weighted by molar-refractivity contribution is 0.690. The maximum Gasteiger partial charge on any atom is 0.140 e. The van der Waals surface area contributed by atoms with E-state index in [0.717, 1.165) is 0 Å². The highest BCUT2D eigenvalue weighted by molar-refractivity contribution is 9.40. The quantitative estimate of drug-likeness (QED) is 0.373. The van der Waals surface area contributed by atoms with E-state index in [1.54, 1.807) is 0 Å². The minimum atomic E-state index is -0.260. The van der Waals surface area contributed by atoms with Crippen molar-refractivity contribution >= 4 is 95.6 Å². The highest BCUT2D eigenvalue weighted by atomic mass is 80.0. The SMILES string of the molecule is CC(C(Br)(Br)Br)C(Br)(Br)Br. The summed E-state index contributed by atoms with van der Waals surface area (Å²) < 4.78 is -0.521. The molecule has 0 aromatic rings. The number of halogens is 6. The summed E-state index contributed by atoms with van der Waals surface area (Å²) in [4.78, 5) is 0. The summed E-state index contributed by atoms with van der Waals surface area (Å²) in [6.45, 7) is 2.05. The Morgan fingerprint density at radius 1 is 0.800 bits per heavy atom. The molecule has 0 radical (unpaired) electrons. The van der Waals surface area contributed by atoms with Crippen molar-refractivity contribution in [1.82, 2.24) is 0 Å². The standard InChI is InChI=1S/C4H4Br6/c1-2(3(5,6)7)4(8,9)10/h2H,1H3. The highest BCUT2D eigenvalue weighted by Crippen LogP contribution is 2.53. The van der Waals surface area contributed by atoms with Crippen LogP contribution in [0.2, 0.25) is 0 Å². The van der Waals surface area contributed by atoms with Crippen molar-refractivity contribution in [3.63, 3.8) is 0 Å². The molecule has 0 rings (SSSR count). The van der Waals surface area contributed by atoms with Crippen molar-refractivity contribution in [3.8, 4) is 0 Å². The first kappa shape index (κ1) is 12.9. The fourth-order valence-corrected chi connectivity index (χ4v) is 5.01. The first-order valence-corrected chi connectivity index (χ1v) is 7.05. The second kappa shape index (κ2) is 4.40. The minimum Gasteiger partial charge on any atom is -0.0595 e. The van der Waals surface area contributed by atoms with Crippen LogP contribution in [-0.4, -0.2) is 4.29 Å². The Labute approximate surface area is 111 Å². The summed E-state index contributed by atoms with van der Waals surface area (Å²) >= 11 is 20.5. The van der Waals surface area contributed by atoms with Gasteiger partial charge in [-0.2, -0.15) is 0 Å². The molecular formula is C4H4Br6. The molecule has 0 saturated heterocycles. The molecule has 0 nitrogen and oxygen atoms in total. The average Bonchev–Trinajstić information content (AvgIpc) is 1.59. The molecular weight excluding hydrogens is 527 g/mol. The predicted octanol–water partition coefficient (Wildman–Crippen LogP) is 5.30. The molecule has 62 valence electrons. The Morgan fingerprint density at radius 3 is 1.00 bits per heavy atom. The third-order valence-electron chi connectivity index (χ3n) is 0.982. The van der Waals surface area contributed by atoms with Crippen LogP contribution in [0, 0.1) is 5.92 Å². The summed E-state index contributed by atoms with van der Waals surface area (Å²) in [5.41, 5.74) is 0. The highest BCUT2D eigenvalue weighted by Gasteiger charge is 2.39. The monoisotopic (exact) mass is 526 g/mol. The molecule has 0 spiro atoms. The molecule has 0 fully saturated rings. The minimum absolute atomic E-state index is 0.260. The van der Waals surface area contributed by atoms with Gasteiger partial charge in [-0.05, 0) is 0 Å². The third-order valence-corrected chi connectivity index (χ3v) is 5.10. The van der Waals surface area contributed by atoms with E-state index in [-0.39, 0.29) is 10.2 Å². The van der Waals surface area contributed by atoms with Crippen LogP contribution in [0.15, 0.2) is 0 Å². The lowest BCUT2D eigenvalue weighted by Crippen LogP contribution is -2.26. The lowest BCUT2D eigenvalue weighted by atomic mass is 10.3. The Bertz CT molecular complexity index is 93.9. The van der Waals surface area contributed by atoms with Crippen molar-refractivity contribution in [1.29, 1.82) is 0 Å². The lowest BCUT2D eigenvalue weighted by Gasteiger charge is -2.28. The van der Waals surface area contributed by atoms with Crippen molar-refractivity contribution in [2.75, 3.05) is 0 Å². The van der Waals surface area contributed by atoms with Gasteiger partial charge in [-0.25, -0.2) is 0 Å². The van der Waals surface area contributed by atoms with E-state index in [2.05, 4.69) is 103 Å². The van der Waals surface area contributed by atoms with Gasteiger partial charge in [0.05, 0.1) is 0 Å². The van der Waals surface area contributed by atoms with Crippen LogP contribution in [0.25, 0.3) is 0 Å². The zero-order valence-electron chi connectivity index (χ0n) is 4.85. The van der Waals surface area contributed by atoms with Crippen molar-refractivity contribution in [2.45, 2.75) is 11.2 Å². The van der Waals surface area contributed by atoms with E-state index in [9.17, 15) is 0 Å². The summed E-state index contributed by atoms with van der Waals surface area (Å²) in [6, 6.07) is 0. The zero-order valence-corrected chi connectivity index (χ0v) is 14.4. The largest absolute Gasteiger partial charge is 0.140 e. The van der Waals surface area contributed by atoms with Crippen LogP contribution < -0.4 is 0 Å². The Hall–Kier alpha value is 2.88. The first-order chi connectivity index (χ1) is 4.15. The van der Waals surface area contributed by atoms with Crippen LogP contribution >= 0.6 is 95.6 Å². The van der Waals surface area contributed by atoms with E-state index in [1.807, 2.05) is 0 Å². The smallest absolute Gasteiger partial charge is 0.0595 e. The third kappa shape index (κ3) is 4.80. The number of hydrogen-bond donors (Lipinski definition) is 0. The van der Waals surface area contributed by atoms with Gasteiger partial charge >= 0.3 is 0 Å². The van der Waals surface area contributed by atoms with Crippen LogP contribution in [0.3, 0.4) is 0 Å².